The largest absolute Gasteiger partial charge is 0.497 e. The Bertz CT molecular complexity index is 1330. The first-order chi connectivity index (χ1) is 18.9. The highest BCUT2D eigenvalue weighted by Gasteiger charge is 2.36. The lowest BCUT2D eigenvalue weighted by atomic mass is 9.94. The molecule has 0 unspecified atom stereocenters. The number of aryl methyl sites for hydroxylation is 2. The molecule has 7 heteroatoms. The van der Waals surface area contributed by atoms with E-state index in [2.05, 4.69) is 66.1 Å². The fraction of sp³-hybridized carbons (Fsp3) is 0.375. The molecule has 2 aliphatic heterocycles. The summed E-state index contributed by atoms with van der Waals surface area (Å²) in [4.78, 5) is 18.5. The van der Waals surface area contributed by atoms with E-state index < -0.39 is 0 Å². The Labute approximate surface area is 231 Å². The number of benzene rings is 3. The number of amides is 1. The van der Waals surface area contributed by atoms with E-state index in [1.54, 1.807) is 19.2 Å². The Hall–Kier alpha value is -3.68. The van der Waals surface area contributed by atoms with E-state index in [4.69, 9.17) is 14.6 Å². The zero-order chi connectivity index (χ0) is 27.4. The Morgan fingerprint density at radius 2 is 1.64 bits per heavy atom. The summed E-state index contributed by atoms with van der Waals surface area (Å²) >= 11 is 0. The average molecular weight is 527 g/mol. The zero-order valence-corrected chi connectivity index (χ0v) is 23.4. The number of nitrogens with zero attached hydrogens (tertiary/aromatic N) is 4. The van der Waals surface area contributed by atoms with Crippen molar-refractivity contribution in [3.63, 3.8) is 0 Å². The molecule has 7 nitrogen and oxygen atoms in total. The van der Waals surface area contributed by atoms with Gasteiger partial charge in [0, 0.05) is 56.3 Å². The van der Waals surface area contributed by atoms with Crippen LogP contribution in [0.4, 0.5) is 0 Å². The maximum atomic E-state index is 13.8. The molecule has 3 aromatic carbocycles. The predicted molar refractivity (Wildman–Crippen MR) is 154 cm³/mol. The molecule has 2 aliphatic rings. The standard InChI is InChI=1S/C32H38N4O3/c1-23-10-12-27(24(2)18-23)29-20-30(28-13-11-26(38-3)19-31(28)39-4)36(33-29)32(37)22-35-16-14-34(15-17-35)21-25-8-6-5-7-9-25/h5-13,18-19,30H,14-17,20-22H2,1-4H3/t30-/m1/s1. The second-order valence-corrected chi connectivity index (χ2v) is 10.5. The maximum absolute atomic E-state index is 13.8. The van der Waals surface area contributed by atoms with Crippen molar-refractivity contribution in [3.8, 4) is 11.5 Å². The molecule has 1 fully saturated rings. The molecule has 1 amide bonds. The molecular formula is C32H38N4O3. The number of ether oxygens (including phenoxy) is 2. The Morgan fingerprint density at radius 1 is 0.897 bits per heavy atom. The second kappa shape index (κ2) is 12.0. The van der Waals surface area contributed by atoms with Crippen LogP contribution in [0.2, 0.25) is 0 Å². The molecule has 3 aromatic rings. The van der Waals surface area contributed by atoms with E-state index in [1.807, 2.05) is 24.3 Å². The summed E-state index contributed by atoms with van der Waals surface area (Å²) in [5, 5.41) is 6.63. The first-order valence-electron chi connectivity index (χ1n) is 13.6. The summed E-state index contributed by atoms with van der Waals surface area (Å²) in [6, 6.07) is 22.5. The Balaban J connectivity index is 1.34. The van der Waals surface area contributed by atoms with Gasteiger partial charge < -0.3 is 9.47 Å². The number of carbonyl (C=O) groups is 1. The Morgan fingerprint density at radius 3 is 2.33 bits per heavy atom. The lowest BCUT2D eigenvalue weighted by molar-refractivity contribution is -0.134. The van der Waals surface area contributed by atoms with Crippen molar-refractivity contribution in [2.24, 2.45) is 5.10 Å². The molecule has 0 radical (unpaired) electrons. The fourth-order valence-electron chi connectivity index (χ4n) is 5.59. The van der Waals surface area contributed by atoms with E-state index in [1.165, 1.54) is 11.1 Å². The third-order valence-electron chi connectivity index (χ3n) is 7.73. The van der Waals surface area contributed by atoms with Gasteiger partial charge >= 0.3 is 0 Å². The number of hydrogen-bond donors (Lipinski definition) is 0. The van der Waals surface area contributed by atoms with Gasteiger partial charge in [0.1, 0.15) is 11.5 Å². The van der Waals surface area contributed by atoms with Crippen LogP contribution in [-0.4, -0.2) is 73.4 Å². The van der Waals surface area contributed by atoms with Gasteiger partial charge in [0.25, 0.3) is 5.91 Å². The highest BCUT2D eigenvalue weighted by Crippen LogP contribution is 2.39. The zero-order valence-electron chi connectivity index (χ0n) is 23.4. The van der Waals surface area contributed by atoms with Crippen molar-refractivity contribution in [1.29, 1.82) is 0 Å². The minimum atomic E-state index is -0.242. The fourth-order valence-corrected chi connectivity index (χ4v) is 5.59. The number of carbonyl (C=O) groups excluding carboxylic acids is 1. The number of methoxy groups -OCH3 is 2. The van der Waals surface area contributed by atoms with Crippen LogP contribution in [0.1, 0.15) is 40.3 Å². The van der Waals surface area contributed by atoms with Crippen LogP contribution in [0.25, 0.3) is 0 Å². The molecule has 2 heterocycles. The molecular weight excluding hydrogens is 488 g/mol. The van der Waals surface area contributed by atoms with Crippen molar-refractivity contribution in [2.45, 2.75) is 32.9 Å². The van der Waals surface area contributed by atoms with Gasteiger partial charge in [-0.3, -0.25) is 14.6 Å². The van der Waals surface area contributed by atoms with Crippen LogP contribution in [-0.2, 0) is 11.3 Å². The van der Waals surface area contributed by atoms with Crippen LogP contribution >= 0.6 is 0 Å². The van der Waals surface area contributed by atoms with Crippen molar-refractivity contribution >= 4 is 11.6 Å². The molecule has 0 spiro atoms. The SMILES string of the molecule is COc1ccc([C@H]2CC(c3ccc(C)cc3C)=NN2C(=O)CN2CCN(Cc3ccccc3)CC2)c(OC)c1. The van der Waals surface area contributed by atoms with Gasteiger partial charge in [0.05, 0.1) is 32.5 Å². The summed E-state index contributed by atoms with van der Waals surface area (Å²) in [5.41, 5.74) is 6.64. The van der Waals surface area contributed by atoms with Crippen molar-refractivity contribution in [2.75, 3.05) is 46.9 Å². The predicted octanol–water partition coefficient (Wildman–Crippen LogP) is 4.82. The topological polar surface area (TPSA) is 57.6 Å². The second-order valence-electron chi connectivity index (χ2n) is 10.5. The molecule has 0 aliphatic carbocycles. The van der Waals surface area contributed by atoms with Gasteiger partial charge in [-0.05, 0) is 37.1 Å². The number of rotatable bonds is 8. The minimum absolute atomic E-state index is 0.00847. The molecule has 0 bridgehead atoms. The monoisotopic (exact) mass is 526 g/mol. The van der Waals surface area contributed by atoms with E-state index in [0.29, 0.717) is 18.7 Å². The maximum Gasteiger partial charge on any atom is 0.257 e. The van der Waals surface area contributed by atoms with Gasteiger partial charge in [-0.1, -0.05) is 54.1 Å². The van der Waals surface area contributed by atoms with Crippen LogP contribution in [0.3, 0.4) is 0 Å². The van der Waals surface area contributed by atoms with Crippen LogP contribution in [0.5, 0.6) is 11.5 Å². The number of hydrogen-bond acceptors (Lipinski definition) is 6. The van der Waals surface area contributed by atoms with E-state index in [-0.39, 0.29) is 11.9 Å². The van der Waals surface area contributed by atoms with Crippen molar-refractivity contribution < 1.29 is 14.3 Å². The van der Waals surface area contributed by atoms with Crippen LogP contribution in [0, 0.1) is 13.8 Å². The quantitative estimate of drug-likeness (QED) is 0.422. The van der Waals surface area contributed by atoms with E-state index in [0.717, 1.165) is 60.9 Å². The van der Waals surface area contributed by atoms with Gasteiger partial charge in [-0.2, -0.15) is 5.10 Å². The van der Waals surface area contributed by atoms with E-state index in [9.17, 15) is 4.79 Å². The molecule has 39 heavy (non-hydrogen) atoms. The normalized spacial score (nSPS) is 18.2. The van der Waals surface area contributed by atoms with Crippen molar-refractivity contribution in [1.82, 2.24) is 14.8 Å². The van der Waals surface area contributed by atoms with Gasteiger partial charge in [-0.25, -0.2) is 5.01 Å². The van der Waals surface area contributed by atoms with Crippen LogP contribution < -0.4 is 9.47 Å². The smallest absolute Gasteiger partial charge is 0.257 e. The van der Waals surface area contributed by atoms with Gasteiger partial charge in [0.15, 0.2) is 0 Å². The number of hydrazone groups is 1. The summed E-state index contributed by atoms with van der Waals surface area (Å²) in [6.45, 7) is 9.08. The summed E-state index contributed by atoms with van der Waals surface area (Å²) in [5.74, 6) is 1.42. The van der Waals surface area contributed by atoms with E-state index >= 15 is 0 Å². The molecule has 0 saturated carbocycles. The first kappa shape index (κ1) is 26.9. The third-order valence-corrected chi connectivity index (χ3v) is 7.73. The average Bonchev–Trinajstić information content (AvgIpc) is 3.39. The summed E-state index contributed by atoms with van der Waals surface area (Å²) in [7, 11) is 3.29. The van der Waals surface area contributed by atoms with Gasteiger partial charge in [-0.15, -0.1) is 0 Å². The highest BCUT2D eigenvalue weighted by molar-refractivity contribution is 6.04. The molecule has 5 rings (SSSR count). The van der Waals surface area contributed by atoms with Crippen molar-refractivity contribution in [3.05, 3.63) is 94.5 Å². The minimum Gasteiger partial charge on any atom is -0.497 e. The third kappa shape index (κ3) is 6.15. The van der Waals surface area contributed by atoms with Gasteiger partial charge in [0.2, 0.25) is 0 Å². The molecule has 1 saturated heterocycles. The lowest BCUT2D eigenvalue weighted by Gasteiger charge is -2.35. The molecule has 204 valence electrons. The van der Waals surface area contributed by atoms with Crippen LogP contribution in [0.15, 0.2) is 71.8 Å². The molecule has 0 N–H and O–H groups in total. The lowest BCUT2D eigenvalue weighted by Crippen LogP contribution is -2.49. The number of piperazine rings is 1. The molecule has 0 aromatic heterocycles. The first-order valence-corrected chi connectivity index (χ1v) is 13.6. The summed E-state index contributed by atoms with van der Waals surface area (Å²) < 4.78 is 11.1. The summed E-state index contributed by atoms with van der Waals surface area (Å²) in [6.07, 6.45) is 0.628. The molecule has 1 atom stereocenters. The highest BCUT2D eigenvalue weighted by atomic mass is 16.5. The Kier molecular flexibility index (Phi) is 8.29.